The van der Waals surface area contributed by atoms with Crippen LogP contribution in [0.1, 0.15) is 39.2 Å². The summed E-state index contributed by atoms with van der Waals surface area (Å²) in [6.07, 6.45) is 1.33. The number of urea groups is 1. The van der Waals surface area contributed by atoms with Gasteiger partial charge in [-0.05, 0) is 43.4 Å². The fourth-order valence-corrected chi connectivity index (χ4v) is 4.62. The zero-order chi connectivity index (χ0) is 21.9. The zero-order valence-corrected chi connectivity index (χ0v) is 18.9. The highest BCUT2D eigenvalue weighted by Gasteiger charge is 2.57. The Morgan fingerprint density at radius 1 is 1.03 bits per heavy atom. The van der Waals surface area contributed by atoms with Gasteiger partial charge in [0.05, 0.1) is 20.3 Å². The van der Waals surface area contributed by atoms with E-state index in [1.54, 1.807) is 14.2 Å². The van der Waals surface area contributed by atoms with E-state index < -0.39 is 5.54 Å². The zero-order valence-electron chi connectivity index (χ0n) is 18.9. The molecule has 2 saturated heterocycles. The number of amides is 3. The Kier molecular flexibility index (Phi) is 7.03. The lowest BCUT2D eigenvalue weighted by Gasteiger charge is -2.44. The fourth-order valence-electron chi connectivity index (χ4n) is 4.62. The Labute approximate surface area is 179 Å². The van der Waals surface area contributed by atoms with Gasteiger partial charge in [0.15, 0.2) is 0 Å². The third kappa shape index (κ3) is 4.32. The van der Waals surface area contributed by atoms with Gasteiger partial charge in [-0.3, -0.25) is 14.6 Å². The molecule has 30 heavy (non-hydrogen) atoms. The highest BCUT2D eigenvalue weighted by atomic mass is 16.5. The Hall–Kier alpha value is -2.12. The minimum Gasteiger partial charge on any atom is -0.497 e. The smallest absolute Gasteiger partial charge is 0.327 e. The predicted octanol–water partition coefficient (Wildman–Crippen LogP) is 2.98. The SMILES string of the molecule is COC[C@@H](C)N1CCC2(CC1)C(=O)N(Cc1ccc(OC)cc1)C(=O)N2CC(C)C. The van der Waals surface area contributed by atoms with Gasteiger partial charge in [0.1, 0.15) is 11.3 Å². The maximum atomic E-state index is 13.6. The normalized spacial score (nSPS) is 20.5. The number of likely N-dealkylation sites (tertiary alicyclic amines) is 1. The number of ether oxygens (including phenoxy) is 2. The summed E-state index contributed by atoms with van der Waals surface area (Å²) in [5.74, 6) is 1.00. The van der Waals surface area contributed by atoms with Gasteiger partial charge in [0.2, 0.25) is 0 Å². The van der Waals surface area contributed by atoms with E-state index in [1.807, 2.05) is 29.2 Å². The van der Waals surface area contributed by atoms with Gasteiger partial charge in [0, 0.05) is 32.8 Å². The molecule has 1 aromatic rings. The van der Waals surface area contributed by atoms with Crippen LogP contribution in [0.15, 0.2) is 24.3 Å². The molecule has 0 N–H and O–H groups in total. The lowest BCUT2D eigenvalue weighted by atomic mass is 9.84. The summed E-state index contributed by atoms with van der Waals surface area (Å²) in [5, 5.41) is 0. The molecule has 0 radical (unpaired) electrons. The first-order valence-electron chi connectivity index (χ1n) is 10.8. The molecule has 1 spiro atoms. The minimum atomic E-state index is -0.725. The van der Waals surface area contributed by atoms with Gasteiger partial charge in [0.25, 0.3) is 5.91 Å². The fraction of sp³-hybridized carbons (Fsp3) is 0.652. The molecule has 0 bridgehead atoms. The van der Waals surface area contributed by atoms with Crippen LogP contribution in [0.25, 0.3) is 0 Å². The third-order valence-corrected chi connectivity index (χ3v) is 6.33. The molecule has 0 saturated carbocycles. The van der Waals surface area contributed by atoms with E-state index >= 15 is 0 Å². The molecule has 0 aliphatic carbocycles. The number of carbonyl (C=O) groups is 2. The van der Waals surface area contributed by atoms with E-state index in [0.29, 0.717) is 44.5 Å². The van der Waals surface area contributed by atoms with E-state index in [4.69, 9.17) is 9.47 Å². The van der Waals surface area contributed by atoms with Crippen LogP contribution in [-0.2, 0) is 16.1 Å². The molecular weight excluding hydrogens is 382 g/mol. The van der Waals surface area contributed by atoms with Crippen molar-refractivity contribution in [3.05, 3.63) is 29.8 Å². The van der Waals surface area contributed by atoms with Gasteiger partial charge >= 0.3 is 6.03 Å². The van der Waals surface area contributed by atoms with Gasteiger partial charge < -0.3 is 14.4 Å². The Morgan fingerprint density at radius 2 is 1.67 bits per heavy atom. The largest absolute Gasteiger partial charge is 0.497 e. The van der Waals surface area contributed by atoms with Crippen LogP contribution in [0, 0.1) is 5.92 Å². The van der Waals surface area contributed by atoms with Crippen LogP contribution in [0.3, 0.4) is 0 Å². The predicted molar refractivity (Wildman–Crippen MR) is 115 cm³/mol. The van der Waals surface area contributed by atoms with E-state index in [-0.39, 0.29) is 11.9 Å². The van der Waals surface area contributed by atoms with Crippen molar-refractivity contribution >= 4 is 11.9 Å². The molecule has 2 aliphatic rings. The number of nitrogens with zero attached hydrogens (tertiary/aromatic N) is 3. The van der Waals surface area contributed by atoms with Crippen molar-refractivity contribution in [2.45, 2.75) is 51.7 Å². The number of carbonyl (C=O) groups excluding carboxylic acids is 2. The first-order chi connectivity index (χ1) is 14.3. The average molecular weight is 418 g/mol. The minimum absolute atomic E-state index is 0.0528. The molecule has 2 fully saturated rings. The monoisotopic (exact) mass is 417 g/mol. The van der Waals surface area contributed by atoms with Crippen molar-refractivity contribution in [1.82, 2.24) is 14.7 Å². The summed E-state index contributed by atoms with van der Waals surface area (Å²) < 4.78 is 10.5. The van der Waals surface area contributed by atoms with E-state index in [1.165, 1.54) is 4.90 Å². The highest BCUT2D eigenvalue weighted by Crippen LogP contribution is 2.39. The van der Waals surface area contributed by atoms with Gasteiger partial charge in [-0.2, -0.15) is 0 Å². The number of benzene rings is 1. The molecule has 2 aliphatic heterocycles. The van der Waals surface area contributed by atoms with E-state index in [0.717, 1.165) is 24.4 Å². The maximum Gasteiger partial charge on any atom is 0.327 e. The van der Waals surface area contributed by atoms with Crippen LogP contribution in [0.4, 0.5) is 4.79 Å². The molecule has 2 heterocycles. The van der Waals surface area contributed by atoms with Gasteiger partial charge in [-0.1, -0.05) is 26.0 Å². The Balaban J connectivity index is 1.81. The number of piperidine rings is 1. The van der Waals surface area contributed by atoms with Gasteiger partial charge in [-0.15, -0.1) is 0 Å². The van der Waals surface area contributed by atoms with Crippen molar-refractivity contribution in [2.24, 2.45) is 5.92 Å². The number of methoxy groups -OCH3 is 2. The number of hydrogen-bond acceptors (Lipinski definition) is 5. The summed E-state index contributed by atoms with van der Waals surface area (Å²) in [4.78, 5) is 32.6. The number of hydrogen-bond donors (Lipinski definition) is 0. The lowest BCUT2D eigenvalue weighted by molar-refractivity contribution is -0.136. The summed E-state index contributed by atoms with van der Waals surface area (Å²) in [5.41, 5.74) is 0.196. The molecule has 1 aromatic carbocycles. The number of imide groups is 1. The van der Waals surface area contributed by atoms with Crippen molar-refractivity contribution < 1.29 is 19.1 Å². The van der Waals surface area contributed by atoms with Crippen molar-refractivity contribution in [3.8, 4) is 5.75 Å². The van der Waals surface area contributed by atoms with E-state index in [9.17, 15) is 9.59 Å². The second-order valence-corrected chi connectivity index (χ2v) is 8.90. The molecular formula is C23H35N3O4. The third-order valence-electron chi connectivity index (χ3n) is 6.33. The second-order valence-electron chi connectivity index (χ2n) is 8.90. The summed E-state index contributed by atoms with van der Waals surface area (Å²) in [7, 11) is 3.33. The summed E-state index contributed by atoms with van der Waals surface area (Å²) in [6, 6.07) is 7.67. The first-order valence-corrected chi connectivity index (χ1v) is 10.8. The quantitative estimate of drug-likeness (QED) is 0.609. The van der Waals surface area contributed by atoms with Gasteiger partial charge in [-0.25, -0.2) is 4.79 Å². The molecule has 166 valence electrons. The maximum absolute atomic E-state index is 13.6. The Bertz CT molecular complexity index is 741. The summed E-state index contributed by atoms with van der Waals surface area (Å²) >= 11 is 0. The van der Waals surface area contributed by atoms with Crippen molar-refractivity contribution in [3.63, 3.8) is 0 Å². The molecule has 0 aromatic heterocycles. The van der Waals surface area contributed by atoms with Crippen LogP contribution in [0.2, 0.25) is 0 Å². The average Bonchev–Trinajstić information content (AvgIpc) is 2.91. The molecule has 1 atom stereocenters. The van der Waals surface area contributed by atoms with Crippen LogP contribution in [-0.4, -0.2) is 78.7 Å². The summed E-state index contributed by atoms with van der Waals surface area (Å²) in [6.45, 7) is 9.45. The molecule has 3 amide bonds. The molecule has 7 nitrogen and oxygen atoms in total. The topological polar surface area (TPSA) is 62.3 Å². The molecule has 0 unspecified atom stereocenters. The Morgan fingerprint density at radius 3 is 2.20 bits per heavy atom. The van der Waals surface area contributed by atoms with E-state index in [2.05, 4.69) is 25.7 Å². The lowest BCUT2D eigenvalue weighted by Crippen LogP contribution is -2.58. The number of rotatable bonds is 8. The second kappa shape index (κ2) is 9.35. The highest BCUT2D eigenvalue weighted by molar-refractivity contribution is 6.07. The van der Waals surface area contributed by atoms with Crippen LogP contribution in [0.5, 0.6) is 5.75 Å². The van der Waals surface area contributed by atoms with Crippen LogP contribution >= 0.6 is 0 Å². The molecule has 3 rings (SSSR count). The van der Waals surface area contributed by atoms with Crippen molar-refractivity contribution in [1.29, 1.82) is 0 Å². The van der Waals surface area contributed by atoms with Crippen LogP contribution < -0.4 is 4.74 Å². The molecule has 7 heteroatoms. The standard InChI is InChI=1S/C23H35N3O4/c1-17(2)14-26-22(28)25(15-19-6-8-20(30-5)9-7-19)21(27)23(26)10-12-24(13-11-23)18(3)16-29-4/h6-9,17-18H,10-16H2,1-5H3/t18-/m1/s1. The first kappa shape index (κ1) is 22.6. The van der Waals surface area contributed by atoms with Crippen molar-refractivity contribution in [2.75, 3.05) is 40.5 Å².